The maximum Gasteiger partial charge on any atom is 0.417 e. The van der Waals surface area contributed by atoms with Crippen LogP contribution in [0.25, 0.3) is 11.1 Å². The number of halogens is 3. The second kappa shape index (κ2) is 5.77. The molecule has 1 aromatic carbocycles. The Morgan fingerprint density at radius 2 is 1.59 bits per heavy atom. The summed E-state index contributed by atoms with van der Waals surface area (Å²) in [7, 11) is -3.79. The molecular formula is C19H15F3N2O2S. The maximum atomic E-state index is 12.8. The van der Waals surface area contributed by atoms with Crippen molar-refractivity contribution < 1.29 is 21.6 Å². The molecule has 0 unspecified atom stereocenters. The molecule has 2 N–H and O–H groups in total. The summed E-state index contributed by atoms with van der Waals surface area (Å²) in [5.41, 5.74) is 1.93. The fourth-order valence-corrected chi connectivity index (χ4v) is 3.72. The van der Waals surface area contributed by atoms with Crippen LogP contribution < -0.4 is 5.14 Å². The highest BCUT2D eigenvalue weighted by molar-refractivity contribution is 7.89. The lowest BCUT2D eigenvalue weighted by Gasteiger charge is -2.11. The second-order valence-electron chi connectivity index (χ2n) is 6.85. The molecule has 4 nitrogen and oxygen atoms in total. The van der Waals surface area contributed by atoms with Gasteiger partial charge in [-0.3, -0.25) is 4.98 Å². The normalized spacial score (nSPS) is 18.4. The van der Waals surface area contributed by atoms with Crippen molar-refractivity contribution in [2.24, 2.45) is 10.6 Å². The van der Waals surface area contributed by atoms with Gasteiger partial charge in [-0.1, -0.05) is 24.3 Å². The third-order valence-electron chi connectivity index (χ3n) is 4.84. The monoisotopic (exact) mass is 392 g/mol. The molecule has 1 heterocycles. The summed E-state index contributed by atoms with van der Waals surface area (Å²) in [5.74, 6) is 0. The van der Waals surface area contributed by atoms with Gasteiger partial charge in [-0.2, -0.15) is 13.2 Å². The average molecular weight is 392 g/mol. The molecule has 27 heavy (non-hydrogen) atoms. The number of pyridine rings is 1. The van der Waals surface area contributed by atoms with Crippen LogP contribution in [0.2, 0.25) is 0 Å². The predicted octanol–water partition coefficient (Wildman–Crippen LogP) is 4.01. The zero-order chi connectivity index (χ0) is 19.4. The Kier molecular flexibility index (Phi) is 3.83. The molecule has 0 bridgehead atoms. The quantitative estimate of drug-likeness (QED) is 0.858. The first-order valence-electron chi connectivity index (χ1n) is 8.20. The van der Waals surface area contributed by atoms with Crippen molar-refractivity contribution in [1.29, 1.82) is 0 Å². The van der Waals surface area contributed by atoms with Crippen LogP contribution in [0, 0.1) is 5.41 Å². The van der Waals surface area contributed by atoms with Crippen LogP contribution in [0.3, 0.4) is 0 Å². The first kappa shape index (κ1) is 17.9. The summed E-state index contributed by atoms with van der Waals surface area (Å²) < 4.78 is 61.2. The highest BCUT2D eigenvalue weighted by Crippen LogP contribution is 2.57. The summed E-state index contributed by atoms with van der Waals surface area (Å²) >= 11 is 0. The lowest BCUT2D eigenvalue weighted by Crippen LogP contribution is -2.11. The molecular weight excluding hydrogens is 377 g/mol. The molecule has 0 amide bonds. The van der Waals surface area contributed by atoms with Crippen LogP contribution in [0.4, 0.5) is 13.2 Å². The number of rotatable bonds is 3. The van der Waals surface area contributed by atoms with Gasteiger partial charge >= 0.3 is 6.18 Å². The van der Waals surface area contributed by atoms with Gasteiger partial charge in [0.15, 0.2) is 0 Å². The largest absolute Gasteiger partial charge is 0.417 e. The van der Waals surface area contributed by atoms with Gasteiger partial charge in [-0.05, 0) is 48.2 Å². The van der Waals surface area contributed by atoms with Crippen molar-refractivity contribution in [2.45, 2.75) is 23.9 Å². The van der Waals surface area contributed by atoms with E-state index in [-0.39, 0.29) is 10.3 Å². The Morgan fingerprint density at radius 1 is 0.963 bits per heavy atom. The van der Waals surface area contributed by atoms with Gasteiger partial charge in [-0.15, -0.1) is 0 Å². The zero-order valence-electron chi connectivity index (χ0n) is 14.0. The van der Waals surface area contributed by atoms with Crippen molar-refractivity contribution in [3.63, 3.8) is 0 Å². The Balaban J connectivity index is 1.72. The van der Waals surface area contributed by atoms with Crippen LogP contribution >= 0.6 is 0 Å². The molecule has 0 saturated heterocycles. The number of hydrogen-bond donors (Lipinski definition) is 1. The summed E-state index contributed by atoms with van der Waals surface area (Å²) in [6, 6.07) is 8.50. The van der Waals surface area contributed by atoms with Crippen molar-refractivity contribution in [3.8, 4) is 0 Å². The topological polar surface area (TPSA) is 73.1 Å². The fraction of sp³-hybridized carbons (Fsp3) is 0.211. The third-order valence-corrected chi connectivity index (χ3v) is 5.77. The smallest absolute Gasteiger partial charge is 0.256 e. The van der Waals surface area contributed by atoms with E-state index in [9.17, 15) is 21.6 Å². The van der Waals surface area contributed by atoms with Crippen LogP contribution in [0.1, 0.15) is 29.7 Å². The SMILES string of the molecule is NS(=O)(=O)c1ccc(C2=CC3(C=C2c2ccc(C(F)(F)F)cn2)CC3)cc1. The van der Waals surface area contributed by atoms with Gasteiger partial charge < -0.3 is 0 Å². The Bertz CT molecular complexity index is 1060. The molecule has 0 aliphatic heterocycles. The maximum absolute atomic E-state index is 12.8. The van der Waals surface area contributed by atoms with E-state index in [1.54, 1.807) is 12.1 Å². The van der Waals surface area contributed by atoms with Gasteiger partial charge in [0.1, 0.15) is 0 Å². The van der Waals surface area contributed by atoms with Crippen LogP contribution in [0.5, 0.6) is 0 Å². The van der Waals surface area contributed by atoms with Gasteiger partial charge in [0.25, 0.3) is 0 Å². The highest BCUT2D eigenvalue weighted by Gasteiger charge is 2.43. The van der Waals surface area contributed by atoms with E-state index in [2.05, 4.69) is 11.1 Å². The molecule has 0 radical (unpaired) electrons. The molecule has 140 valence electrons. The van der Waals surface area contributed by atoms with E-state index in [0.29, 0.717) is 5.69 Å². The van der Waals surface area contributed by atoms with Crippen molar-refractivity contribution >= 4 is 21.2 Å². The summed E-state index contributed by atoms with van der Waals surface area (Å²) in [6.45, 7) is 0. The number of benzene rings is 1. The molecule has 2 aromatic rings. The zero-order valence-corrected chi connectivity index (χ0v) is 14.8. The minimum Gasteiger partial charge on any atom is -0.256 e. The molecule has 2 aliphatic carbocycles. The number of hydrogen-bond acceptors (Lipinski definition) is 3. The van der Waals surface area contributed by atoms with E-state index < -0.39 is 21.8 Å². The van der Waals surface area contributed by atoms with Crippen molar-refractivity contribution in [2.75, 3.05) is 0 Å². The molecule has 2 aliphatic rings. The molecule has 1 spiro atoms. The Morgan fingerprint density at radius 3 is 2.07 bits per heavy atom. The molecule has 1 aromatic heterocycles. The van der Waals surface area contributed by atoms with E-state index in [1.807, 2.05) is 6.08 Å². The summed E-state index contributed by atoms with van der Waals surface area (Å²) in [6.07, 6.45) is 2.44. The number of nitrogens with two attached hydrogens (primary N) is 1. The second-order valence-corrected chi connectivity index (χ2v) is 8.41. The van der Waals surface area contributed by atoms with E-state index >= 15 is 0 Å². The highest BCUT2D eigenvalue weighted by atomic mass is 32.2. The number of alkyl halides is 3. The van der Waals surface area contributed by atoms with Gasteiger partial charge in [-0.25, -0.2) is 13.6 Å². The number of aromatic nitrogens is 1. The minimum atomic E-state index is -4.44. The average Bonchev–Trinajstić information content (AvgIpc) is 3.24. The summed E-state index contributed by atoms with van der Waals surface area (Å²) in [4.78, 5) is 4.01. The van der Waals surface area contributed by atoms with E-state index in [4.69, 9.17) is 5.14 Å². The van der Waals surface area contributed by atoms with E-state index in [0.717, 1.165) is 41.8 Å². The first-order chi connectivity index (χ1) is 12.6. The van der Waals surface area contributed by atoms with Gasteiger partial charge in [0.2, 0.25) is 10.0 Å². The number of nitrogens with zero attached hydrogens (tertiary/aromatic N) is 1. The number of sulfonamides is 1. The van der Waals surface area contributed by atoms with Gasteiger partial charge in [0, 0.05) is 17.2 Å². The number of allylic oxidation sites excluding steroid dienone is 4. The van der Waals surface area contributed by atoms with Crippen LogP contribution in [-0.2, 0) is 16.2 Å². The first-order valence-corrected chi connectivity index (χ1v) is 9.75. The van der Waals surface area contributed by atoms with Crippen LogP contribution in [-0.4, -0.2) is 13.4 Å². The minimum absolute atomic E-state index is 0.00386. The van der Waals surface area contributed by atoms with Crippen molar-refractivity contribution in [1.82, 2.24) is 4.98 Å². The molecule has 1 saturated carbocycles. The van der Waals surface area contributed by atoms with Crippen LogP contribution in [0.15, 0.2) is 59.6 Å². The van der Waals surface area contributed by atoms with Gasteiger partial charge in [0.05, 0.1) is 16.2 Å². The summed E-state index contributed by atoms with van der Waals surface area (Å²) in [5, 5.41) is 5.13. The molecule has 0 atom stereocenters. The lowest BCUT2D eigenvalue weighted by atomic mass is 9.98. The number of primary sulfonamides is 1. The molecule has 4 rings (SSSR count). The third kappa shape index (κ3) is 3.42. The molecule has 1 fully saturated rings. The van der Waals surface area contributed by atoms with E-state index in [1.165, 1.54) is 18.2 Å². The lowest BCUT2D eigenvalue weighted by molar-refractivity contribution is -0.137. The Labute approximate surface area is 154 Å². The molecule has 8 heteroatoms. The fourth-order valence-electron chi connectivity index (χ4n) is 3.20. The predicted molar refractivity (Wildman–Crippen MR) is 94.7 cm³/mol. The Hall–Kier alpha value is -2.45. The standard InChI is InChI=1S/C19H15F3N2O2S/c20-19(21,22)13-3-6-17(24-11-13)16-10-18(7-8-18)9-15(16)12-1-4-14(5-2-12)27(23,25)26/h1-6,9-11H,7-8H2,(H2,23,25,26). The van der Waals surface area contributed by atoms with Crippen molar-refractivity contribution in [3.05, 3.63) is 71.6 Å².